The number of carboxylic acids is 1. The van der Waals surface area contributed by atoms with Crippen molar-refractivity contribution in [2.45, 2.75) is 12.5 Å². The summed E-state index contributed by atoms with van der Waals surface area (Å²) in [7, 11) is 0. The van der Waals surface area contributed by atoms with Crippen molar-refractivity contribution in [2.24, 2.45) is 0 Å². The van der Waals surface area contributed by atoms with Gasteiger partial charge in [0.1, 0.15) is 12.7 Å². The Morgan fingerprint density at radius 1 is 1.30 bits per heavy atom. The lowest BCUT2D eigenvalue weighted by atomic mass is 10.1. The van der Waals surface area contributed by atoms with Gasteiger partial charge in [-0.05, 0) is 24.3 Å². The minimum atomic E-state index is -0.929. The maximum atomic E-state index is 12.5. The number of rotatable bonds is 4. The highest BCUT2D eigenvalue weighted by Crippen LogP contribution is 2.14. The number of hydrogen-bond acceptors (Lipinski definition) is 5. The van der Waals surface area contributed by atoms with Crippen LogP contribution >= 0.6 is 0 Å². The number of aliphatic carboxylic acids is 1. The number of ether oxygens (including phenoxy) is 1. The number of nitrogens with zero attached hydrogens (tertiary/aromatic N) is 4. The second-order valence-corrected chi connectivity index (χ2v) is 5.23. The number of hydrogen-bond donors (Lipinski definition) is 1. The molecule has 1 fully saturated rings. The number of morpholine rings is 1. The predicted octanol–water partition coefficient (Wildman–Crippen LogP) is 0.583. The maximum absolute atomic E-state index is 12.5. The van der Waals surface area contributed by atoms with E-state index in [1.54, 1.807) is 40.2 Å². The Hall–Kier alpha value is -2.74. The van der Waals surface area contributed by atoms with E-state index >= 15 is 0 Å². The first kappa shape index (κ1) is 15.2. The van der Waals surface area contributed by atoms with Crippen LogP contribution in [0.4, 0.5) is 0 Å². The molecule has 1 aliphatic heterocycles. The van der Waals surface area contributed by atoms with Crippen molar-refractivity contribution in [3.05, 3.63) is 42.5 Å². The molecule has 8 heteroatoms. The summed E-state index contributed by atoms with van der Waals surface area (Å²) < 4.78 is 6.98. The van der Waals surface area contributed by atoms with Gasteiger partial charge in [-0.25, -0.2) is 9.67 Å². The molecular weight excluding hydrogens is 300 g/mol. The molecule has 1 atom stereocenters. The minimum absolute atomic E-state index is 0.102. The van der Waals surface area contributed by atoms with Gasteiger partial charge in [0.25, 0.3) is 5.91 Å². The molecule has 0 bridgehead atoms. The fourth-order valence-corrected chi connectivity index (χ4v) is 2.50. The van der Waals surface area contributed by atoms with E-state index in [2.05, 4.69) is 10.1 Å². The number of carbonyl (C=O) groups excluding carboxylic acids is 1. The molecule has 8 nitrogen and oxygen atoms in total. The van der Waals surface area contributed by atoms with Gasteiger partial charge in [0.15, 0.2) is 0 Å². The first-order valence-electron chi connectivity index (χ1n) is 7.21. The number of carboxylic acid groups (broad SMARTS) is 1. The van der Waals surface area contributed by atoms with Gasteiger partial charge in [0.05, 0.1) is 24.8 Å². The van der Waals surface area contributed by atoms with Crippen LogP contribution in [-0.4, -0.2) is 62.4 Å². The molecule has 1 aromatic carbocycles. The van der Waals surface area contributed by atoms with E-state index < -0.39 is 12.1 Å². The Bertz CT molecular complexity index is 684. The van der Waals surface area contributed by atoms with Gasteiger partial charge in [-0.15, -0.1) is 0 Å². The van der Waals surface area contributed by atoms with Crippen molar-refractivity contribution in [2.75, 3.05) is 19.7 Å². The number of amides is 1. The van der Waals surface area contributed by atoms with Gasteiger partial charge >= 0.3 is 5.97 Å². The summed E-state index contributed by atoms with van der Waals surface area (Å²) in [4.78, 5) is 28.8. The Morgan fingerprint density at radius 3 is 2.74 bits per heavy atom. The van der Waals surface area contributed by atoms with Crippen LogP contribution in [0.5, 0.6) is 0 Å². The Balaban J connectivity index is 1.69. The Labute approximate surface area is 132 Å². The maximum Gasteiger partial charge on any atom is 0.306 e. The van der Waals surface area contributed by atoms with Crippen molar-refractivity contribution < 1.29 is 19.4 Å². The normalized spacial score (nSPS) is 17.9. The summed E-state index contributed by atoms with van der Waals surface area (Å²) in [6.45, 7) is 1.09. The average Bonchev–Trinajstić information content (AvgIpc) is 3.08. The highest BCUT2D eigenvalue weighted by atomic mass is 16.5. The molecule has 1 aliphatic rings. The standard InChI is InChI=1S/C15H16N4O4/c20-14(21)7-13-8-18(5-6-23-13)15(22)11-1-3-12(4-2-11)19-10-16-9-17-19/h1-4,9-10,13H,5-8H2,(H,20,21)/t13-/m0/s1. The van der Waals surface area contributed by atoms with Crippen molar-refractivity contribution >= 4 is 11.9 Å². The van der Waals surface area contributed by atoms with E-state index in [-0.39, 0.29) is 18.9 Å². The van der Waals surface area contributed by atoms with Crippen molar-refractivity contribution in [1.82, 2.24) is 19.7 Å². The Kier molecular flexibility index (Phi) is 4.33. The smallest absolute Gasteiger partial charge is 0.306 e. The molecule has 2 heterocycles. The molecule has 2 aromatic rings. The third kappa shape index (κ3) is 3.54. The lowest BCUT2D eigenvalue weighted by molar-refractivity contribution is -0.141. The molecule has 0 radical (unpaired) electrons. The van der Waals surface area contributed by atoms with Gasteiger partial charge < -0.3 is 14.7 Å². The van der Waals surface area contributed by atoms with Crippen LogP contribution in [-0.2, 0) is 9.53 Å². The van der Waals surface area contributed by atoms with Crippen molar-refractivity contribution in [1.29, 1.82) is 0 Å². The first-order valence-corrected chi connectivity index (χ1v) is 7.21. The molecule has 23 heavy (non-hydrogen) atoms. The van der Waals surface area contributed by atoms with Crippen LogP contribution in [0.25, 0.3) is 5.69 Å². The average molecular weight is 316 g/mol. The summed E-state index contributed by atoms with van der Waals surface area (Å²) in [6.07, 6.45) is 2.46. The molecule has 1 aromatic heterocycles. The van der Waals surface area contributed by atoms with Crippen LogP contribution in [0.3, 0.4) is 0 Å². The van der Waals surface area contributed by atoms with Crippen LogP contribution < -0.4 is 0 Å². The molecule has 1 saturated heterocycles. The second-order valence-electron chi connectivity index (χ2n) is 5.23. The molecule has 0 unspecified atom stereocenters. The fraction of sp³-hybridized carbons (Fsp3) is 0.333. The van der Waals surface area contributed by atoms with Crippen molar-refractivity contribution in [3.63, 3.8) is 0 Å². The third-order valence-corrected chi connectivity index (χ3v) is 3.63. The van der Waals surface area contributed by atoms with Gasteiger partial charge in [-0.1, -0.05) is 0 Å². The number of benzene rings is 1. The van der Waals surface area contributed by atoms with E-state index in [1.165, 1.54) is 6.33 Å². The molecule has 0 saturated carbocycles. The summed E-state index contributed by atoms with van der Waals surface area (Å²) >= 11 is 0. The van der Waals surface area contributed by atoms with Gasteiger partial charge in [0, 0.05) is 18.7 Å². The second kappa shape index (κ2) is 6.57. The summed E-state index contributed by atoms with van der Waals surface area (Å²) in [5, 5.41) is 12.9. The molecule has 0 spiro atoms. The van der Waals surface area contributed by atoms with E-state index in [4.69, 9.17) is 9.84 Å². The Morgan fingerprint density at radius 2 is 2.09 bits per heavy atom. The summed E-state index contributed by atoms with van der Waals surface area (Å²) in [5.41, 5.74) is 1.36. The summed E-state index contributed by atoms with van der Waals surface area (Å²) in [5.74, 6) is -1.06. The van der Waals surface area contributed by atoms with Crippen LogP contribution in [0.1, 0.15) is 16.8 Å². The monoisotopic (exact) mass is 316 g/mol. The SMILES string of the molecule is O=C(O)C[C@H]1CN(C(=O)c2ccc(-n3cncn3)cc2)CCO1. The number of carbonyl (C=O) groups is 2. The molecule has 120 valence electrons. The molecule has 0 aliphatic carbocycles. The molecule has 1 N–H and O–H groups in total. The topological polar surface area (TPSA) is 97.6 Å². The van der Waals surface area contributed by atoms with Crippen LogP contribution in [0.15, 0.2) is 36.9 Å². The summed E-state index contributed by atoms with van der Waals surface area (Å²) in [6, 6.07) is 7.02. The van der Waals surface area contributed by atoms with Crippen molar-refractivity contribution in [3.8, 4) is 5.69 Å². The third-order valence-electron chi connectivity index (χ3n) is 3.63. The quantitative estimate of drug-likeness (QED) is 0.886. The fourth-order valence-electron chi connectivity index (χ4n) is 2.50. The van der Waals surface area contributed by atoms with Gasteiger partial charge in [-0.2, -0.15) is 5.10 Å². The predicted molar refractivity (Wildman–Crippen MR) is 79.3 cm³/mol. The van der Waals surface area contributed by atoms with E-state index in [9.17, 15) is 9.59 Å². The van der Waals surface area contributed by atoms with Crippen LogP contribution in [0, 0.1) is 0 Å². The zero-order valence-electron chi connectivity index (χ0n) is 12.3. The molecule has 1 amide bonds. The first-order chi connectivity index (χ1) is 11.1. The molecule has 3 rings (SSSR count). The largest absolute Gasteiger partial charge is 0.481 e. The van der Waals surface area contributed by atoms with Crippen LogP contribution in [0.2, 0.25) is 0 Å². The van der Waals surface area contributed by atoms with E-state index in [1.807, 2.05) is 0 Å². The highest BCUT2D eigenvalue weighted by Gasteiger charge is 2.26. The molecular formula is C15H16N4O4. The van der Waals surface area contributed by atoms with Gasteiger partial charge in [0.2, 0.25) is 0 Å². The van der Waals surface area contributed by atoms with Gasteiger partial charge in [-0.3, -0.25) is 9.59 Å². The highest BCUT2D eigenvalue weighted by molar-refractivity contribution is 5.94. The zero-order chi connectivity index (χ0) is 16.2. The lowest BCUT2D eigenvalue weighted by Crippen LogP contribution is -2.46. The lowest BCUT2D eigenvalue weighted by Gasteiger charge is -2.32. The zero-order valence-corrected chi connectivity index (χ0v) is 12.3. The van der Waals surface area contributed by atoms with E-state index in [0.29, 0.717) is 18.7 Å². The number of aromatic nitrogens is 3. The minimum Gasteiger partial charge on any atom is -0.481 e. The van der Waals surface area contributed by atoms with E-state index in [0.717, 1.165) is 5.69 Å².